The molecule has 0 atom stereocenters. The first kappa shape index (κ1) is 10.9. The summed E-state index contributed by atoms with van der Waals surface area (Å²) in [4.78, 5) is 10.3. The lowest BCUT2D eigenvalue weighted by molar-refractivity contribution is 0.301. The second kappa shape index (κ2) is 6.32. The smallest absolute Gasteiger partial charge is 0.147 e. The Bertz CT molecular complexity index is 240. The summed E-state index contributed by atoms with van der Waals surface area (Å²) in [5.74, 6) is 0.843. The molecule has 78 valence electrons. The monoisotopic (exact) mass is 195 g/mol. The largest absolute Gasteiger partial charge is 0.395 e. The molecule has 1 aromatic heterocycles. The van der Waals surface area contributed by atoms with E-state index in [0.717, 1.165) is 25.2 Å². The molecule has 1 N–H and O–H groups in total. The molecule has 1 heterocycles. The Hall–Kier alpha value is -1.16. The van der Waals surface area contributed by atoms with Crippen LogP contribution in [0.25, 0.3) is 0 Å². The normalized spacial score (nSPS) is 10.1. The maximum atomic E-state index is 8.91. The minimum Gasteiger partial charge on any atom is -0.395 e. The van der Waals surface area contributed by atoms with Crippen molar-refractivity contribution in [1.82, 2.24) is 9.97 Å². The van der Waals surface area contributed by atoms with Gasteiger partial charge in [0, 0.05) is 25.5 Å². The van der Waals surface area contributed by atoms with Crippen LogP contribution in [0.3, 0.4) is 0 Å². The van der Waals surface area contributed by atoms with Crippen molar-refractivity contribution in [2.45, 2.75) is 19.8 Å². The van der Waals surface area contributed by atoms with Gasteiger partial charge in [-0.2, -0.15) is 0 Å². The van der Waals surface area contributed by atoms with Gasteiger partial charge in [0.05, 0.1) is 12.8 Å². The van der Waals surface area contributed by atoms with Crippen molar-refractivity contribution < 1.29 is 5.11 Å². The van der Waals surface area contributed by atoms with Crippen molar-refractivity contribution in [2.24, 2.45) is 0 Å². The van der Waals surface area contributed by atoms with Crippen LogP contribution in [0.15, 0.2) is 18.6 Å². The molecular formula is C10H17N3O. The van der Waals surface area contributed by atoms with Crippen molar-refractivity contribution in [2.75, 3.05) is 24.6 Å². The van der Waals surface area contributed by atoms with Crippen molar-refractivity contribution in [3.05, 3.63) is 18.6 Å². The molecule has 0 aliphatic heterocycles. The Morgan fingerprint density at radius 1 is 1.36 bits per heavy atom. The van der Waals surface area contributed by atoms with E-state index in [1.807, 2.05) is 0 Å². The highest BCUT2D eigenvalue weighted by Gasteiger charge is 2.05. The average Bonchev–Trinajstić information content (AvgIpc) is 2.25. The van der Waals surface area contributed by atoms with Crippen LogP contribution in [0.2, 0.25) is 0 Å². The number of anilines is 1. The summed E-state index contributed by atoms with van der Waals surface area (Å²) in [6.07, 6.45) is 7.30. The number of rotatable bonds is 6. The number of unbranched alkanes of at least 4 members (excludes halogenated alkanes) is 1. The molecule has 0 saturated heterocycles. The summed E-state index contributed by atoms with van der Waals surface area (Å²) in [5, 5.41) is 8.91. The zero-order chi connectivity index (χ0) is 10.2. The fourth-order valence-corrected chi connectivity index (χ4v) is 1.27. The molecular weight excluding hydrogens is 178 g/mol. The van der Waals surface area contributed by atoms with Crippen molar-refractivity contribution >= 4 is 5.82 Å². The molecule has 1 aromatic rings. The van der Waals surface area contributed by atoms with Crippen molar-refractivity contribution in [3.8, 4) is 0 Å². The highest BCUT2D eigenvalue weighted by atomic mass is 16.3. The van der Waals surface area contributed by atoms with E-state index in [1.54, 1.807) is 18.6 Å². The number of aromatic nitrogens is 2. The van der Waals surface area contributed by atoms with Gasteiger partial charge in [0.2, 0.25) is 0 Å². The van der Waals surface area contributed by atoms with E-state index in [9.17, 15) is 0 Å². The van der Waals surface area contributed by atoms with Gasteiger partial charge in [-0.1, -0.05) is 13.3 Å². The fraction of sp³-hybridized carbons (Fsp3) is 0.600. The number of nitrogens with zero attached hydrogens (tertiary/aromatic N) is 3. The summed E-state index contributed by atoms with van der Waals surface area (Å²) in [6.45, 7) is 3.85. The van der Waals surface area contributed by atoms with E-state index in [-0.39, 0.29) is 6.61 Å². The highest BCUT2D eigenvalue weighted by Crippen LogP contribution is 2.08. The average molecular weight is 195 g/mol. The molecule has 4 nitrogen and oxygen atoms in total. The van der Waals surface area contributed by atoms with Gasteiger partial charge < -0.3 is 10.0 Å². The molecule has 0 saturated carbocycles. The summed E-state index contributed by atoms with van der Waals surface area (Å²) in [5.41, 5.74) is 0. The van der Waals surface area contributed by atoms with E-state index in [1.165, 1.54) is 0 Å². The quantitative estimate of drug-likeness (QED) is 0.737. The van der Waals surface area contributed by atoms with Gasteiger partial charge in [-0.15, -0.1) is 0 Å². The highest BCUT2D eigenvalue weighted by molar-refractivity contribution is 5.34. The van der Waals surface area contributed by atoms with E-state index >= 15 is 0 Å². The standard InChI is InChI=1S/C10H17N3O/c1-2-3-6-13(7-8-14)10-9-11-4-5-12-10/h4-5,9,14H,2-3,6-8H2,1H3. The molecule has 0 aromatic carbocycles. The van der Waals surface area contributed by atoms with Crippen LogP contribution in [0.5, 0.6) is 0 Å². The lowest BCUT2D eigenvalue weighted by atomic mass is 10.3. The zero-order valence-corrected chi connectivity index (χ0v) is 8.56. The van der Waals surface area contributed by atoms with Gasteiger partial charge >= 0.3 is 0 Å². The summed E-state index contributed by atoms with van der Waals surface area (Å²) in [6, 6.07) is 0. The Balaban J connectivity index is 2.58. The zero-order valence-electron chi connectivity index (χ0n) is 8.56. The molecule has 0 fully saturated rings. The van der Waals surface area contributed by atoms with Crippen LogP contribution in [0.4, 0.5) is 5.82 Å². The fourth-order valence-electron chi connectivity index (χ4n) is 1.27. The molecule has 4 heteroatoms. The summed E-state index contributed by atoms with van der Waals surface area (Å²) in [7, 11) is 0. The minimum atomic E-state index is 0.153. The molecule has 0 bridgehead atoms. The SMILES string of the molecule is CCCCN(CCO)c1cnccn1. The van der Waals surface area contributed by atoms with Crippen molar-refractivity contribution in [3.63, 3.8) is 0 Å². The molecule has 0 aliphatic carbocycles. The van der Waals surface area contributed by atoms with Crippen LogP contribution in [0.1, 0.15) is 19.8 Å². The minimum absolute atomic E-state index is 0.153. The maximum absolute atomic E-state index is 8.91. The molecule has 0 unspecified atom stereocenters. The Morgan fingerprint density at radius 3 is 2.79 bits per heavy atom. The third-order valence-corrected chi connectivity index (χ3v) is 2.03. The van der Waals surface area contributed by atoms with Crippen LogP contribution < -0.4 is 4.90 Å². The van der Waals surface area contributed by atoms with Gasteiger partial charge in [-0.05, 0) is 6.42 Å². The second-order valence-corrected chi connectivity index (χ2v) is 3.13. The van der Waals surface area contributed by atoms with Gasteiger partial charge in [0.1, 0.15) is 5.82 Å². The van der Waals surface area contributed by atoms with E-state index in [2.05, 4.69) is 21.8 Å². The Labute approximate surface area is 84.6 Å². The maximum Gasteiger partial charge on any atom is 0.147 e. The Morgan fingerprint density at radius 2 is 2.21 bits per heavy atom. The van der Waals surface area contributed by atoms with E-state index in [0.29, 0.717) is 6.54 Å². The Kier molecular flexibility index (Phi) is 4.93. The third kappa shape index (κ3) is 3.30. The third-order valence-electron chi connectivity index (χ3n) is 2.03. The topological polar surface area (TPSA) is 49.2 Å². The van der Waals surface area contributed by atoms with Gasteiger partial charge in [0.15, 0.2) is 0 Å². The first-order valence-electron chi connectivity index (χ1n) is 5.00. The molecule has 0 radical (unpaired) electrons. The van der Waals surface area contributed by atoms with Gasteiger partial charge in [0.25, 0.3) is 0 Å². The van der Waals surface area contributed by atoms with Gasteiger partial charge in [-0.3, -0.25) is 4.98 Å². The van der Waals surface area contributed by atoms with Crippen LogP contribution in [0, 0.1) is 0 Å². The summed E-state index contributed by atoms with van der Waals surface area (Å²) < 4.78 is 0. The number of aliphatic hydroxyl groups excluding tert-OH is 1. The molecule has 0 aliphatic rings. The second-order valence-electron chi connectivity index (χ2n) is 3.13. The van der Waals surface area contributed by atoms with Gasteiger partial charge in [-0.25, -0.2) is 4.98 Å². The molecule has 0 spiro atoms. The molecule has 0 amide bonds. The molecule has 14 heavy (non-hydrogen) atoms. The predicted octanol–water partition coefficient (Wildman–Crippen LogP) is 1.08. The molecule has 1 rings (SSSR count). The lowest BCUT2D eigenvalue weighted by Gasteiger charge is -2.21. The number of hydrogen-bond acceptors (Lipinski definition) is 4. The van der Waals surface area contributed by atoms with Crippen LogP contribution in [-0.2, 0) is 0 Å². The predicted molar refractivity (Wildman–Crippen MR) is 56.2 cm³/mol. The first-order valence-corrected chi connectivity index (χ1v) is 5.00. The first-order chi connectivity index (χ1) is 6.88. The number of aliphatic hydroxyl groups is 1. The number of hydrogen-bond donors (Lipinski definition) is 1. The summed E-state index contributed by atoms with van der Waals surface area (Å²) >= 11 is 0. The van der Waals surface area contributed by atoms with Crippen LogP contribution >= 0.6 is 0 Å². The van der Waals surface area contributed by atoms with E-state index < -0.39 is 0 Å². The van der Waals surface area contributed by atoms with Crippen molar-refractivity contribution in [1.29, 1.82) is 0 Å². The lowest BCUT2D eigenvalue weighted by Crippen LogP contribution is -2.28. The van der Waals surface area contributed by atoms with Crippen LogP contribution in [-0.4, -0.2) is 34.8 Å². The van der Waals surface area contributed by atoms with E-state index in [4.69, 9.17) is 5.11 Å².